The molecule has 2 aromatic carbocycles. The van der Waals surface area contributed by atoms with Gasteiger partial charge in [0.1, 0.15) is 12.1 Å². The molecule has 6 heteroatoms. The molecule has 1 saturated heterocycles. The van der Waals surface area contributed by atoms with E-state index in [2.05, 4.69) is 26.9 Å². The second-order valence-electron chi connectivity index (χ2n) is 6.40. The van der Waals surface area contributed by atoms with Crippen molar-refractivity contribution in [2.75, 3.05) is 36.0 Å². The van der Waals surface area contributed by atoms with Crippen molar-refractivity contribution in [2.45, 2.75) is 0 Å². The van der Waals surface area contributed by atoms with Crippen molar-refractivity contribution in [3.05, 3.63) is 64.8 Å². The molecule has 0 saturated carbocycles. The van der Waals surface area contributed by atoms with E-state index in [1.165, 1.54) is 0 Å². The monoisotopic (exact) mass is 373 g/mol. The number of para-hydroxylation sites is 1. The molecule has 132 valence electrons. The van der Waals surface area contributed by atoms with E-state index in [1.807, 2.05) is 36.4 Å². The number of anilines is 2. The van der Waals surface area contributed by atoms with E-state index < -0.39 is 0 Å². The SMILES string of the molecule is N#Cc1cc(Cl)ccc1N1CCN(c2c(C#N)cnc3ccccc23)CC1. The van der Waals surface area contributed by atoms with Crippen molar-refractivity contribution < 1.29 is 0 Å². The van der Waals surface area contributed by atoms with Gasteiger partial charge in [-0.3, -0.25) is 4.98 Å². The number of nitriles is 2. The molecule has 27 heavy (non-hydrogen) atoms. The molecule has 3 aromatic rings. The van der Waals surface area contributed by atoms with Gasteiger partial charge in [-0.25, -0.2) is 0 Å². The molecule has 0 aliphatic carbocycles. The standard InChI is InChI=1S/C21H16ClN5/c22-17-5-6-20(15(11-17)12-23)26-7-9-27(10-8-26)21-16(13-24)14-25-19-4-2-1-3-18(19)21/h1-6,11,14H,7-10H2. The summed E-state index contributed by atoms with van der Waals surface area (Å²) in [6.07, 6.45) is 1.65. The summed E-state index contributed by atoms with van der Waals surface area (Å²) in [6.45, 7) is 3.04. The molecule has 0 amide bonds. The van der Waals surface area contributed by atoms with Crippen LogP contribution in [0.4, 0.5) is 11.4 Å². The number of piperazine rings is 1. The average Bonchev–Trinajstić information content (AvgIpc) is 2.73. The van der Waals surface area contributed by atoms with Gasteiger partial charge in [-0.15, -0.1) is 0 Å². The van der Waals surface area contributed by atoms with Gasteiger partial charge in [0.05, 0.1) is 28.0 Å². The Balaban J connectivity index is 1.63. The zero-order chi connectivity index (χ0) is 18.8. The molecule has 0 radical (unpaired) electrons. The van der Waals surface area contributed by atoms with Crippen LogP contribution < -0.4 is 9.80 Å². The fraction of sp³-hybridized carbons (Fsp3) is 0.190. The van der Waals surface area contributed by atoms with Gasteiger partial charge in [0, 0.05) is 42.8 Å². The highest BCUT2D eigenvalue weighted by Crippen LogP contribution is 2.31. The van der Waals surface area contributed by atoms with Gasteiger partial charge in [0.15, 0.2) is 0 Å². The second-order valence-corrected chi connectivity index (χ2v) is 6.83. The topological polar surface area (TPSA) is 67.0 Å². The van der Waals surface area contributed by atoms with Crippen molar-refractivity contribution >= 4 is 33.9 Å². The number of aromatic nitrogens is 1. The molecule has 0 N–H and O–H groups in total. The highest BCUT2D eigenvalue weighted by molar-refractivity contribution is 6.30. The van der Waals surface area contributed by atoms with Crippen molar-refractivity contribution in [1.29, 1.82) is 10.5 Å². The van der Waals surface area contributed by atoms with E-state index in [9.17, 15) is 10.5 Å². The largest absolute Gasteiger partial charge is 0.367 e. The summed E-state index contributed by atoms with van der Waals surface area (Å²) in [5.74, 6) is 0. The lowest BCUT2D eigenvalue weighted by atomic mass is 10.1. The maximum absolute atomic E-state index is 9.56. The molecule has 0 atom stereocenters. The zero-order valence-electron chi connectivity index (χ0n) is 14.6. The highest BCUT2D eigenvalue weighted by atomic mass is 35.5. The lowest BCUT2D eigenvalue weighted by Crippen LogP contribution is -2.47. The number of hydrogen-bond acceptors (Lipinski definition) is 5. The molecule has 0 unspecified atom stereocenters. The van der Waals surface area contributed by atoms with Gasteiger partial charge in [0.2, 0.25) is 0 Å². The van der Waals surface area contributed by atoms with Crippen LogP contribution >= 0.6 is 11.6 Å². The number of hydrogen-bond donors (Lipinski definition) is 0. The summed E-state index contributed by atoms with van der Waals surface area (Å²) in [5.41, 5.74) is 3.91. The van der Waals surface area contributed by atoms with E-state index >= 15 is 0 Å². The number of nitrogens with zero attached hydrogens (tertiary/aromatic N) is 5. The normalized spacial score (nSPS) is 14.0. The number of fused-ring (bicyclic) bond motifs is 1. The van der Waals surface area contributed by atoms with Crippen LogP contribution in [0.5, 0.6) is 0 Å². The summed E-state index contributed by atoms with van der Waals surface area (Å²) in [6, 6.07) is 17.8. The van der Waals surface area contributed by atoms with E-state index in [-0.39, 0.29) is 0 Å². The highest BCUT2D eigenvalue weighted by Gasteiger charge is 2.23. The maximum Gasteiger partial charge on any atom is 0.103 e. The van der Waals surface area contributed by atoms with Crippen LogP contribution in [-0.4, -0.2) is 31.2 Å². The van der Waals surface area contributed by atoms with E-state index in [1.54, 1.807) is 12.3 Å². The molecule has 4 rings (SSSR count). The third-order valence-corrected chi connectivity index (χ3v) is 5.12. The van der Waals surface area contributed by atoms with E-state index in [0.29, 0.717) is 16.1 Å². The minimum Gasteiger partial charge on any atom is -0.367 e. The predicted molar refractivity (Wildman–Crippen MR) is 107 cm³/mol. The van der Waals surface area contributed by atoms with Gasteiger partial charge in [-0.1, -0.05) is 29.8 Å². The molecular weight excluding hydrogens is 358 g/mol. The Labute approximate surface area is 162 Å². The number of rotatable bonds is 2. The van der Waals surface area contributed by atoms with Gasteiger partial charge < -0.3 is 9.80 Å². The minimum absolute atomic E-state index is 0.566. The third-order valence-electron chi connectivity index (χ3n) is 4.88. The Hall–Kier alpha value is -3.28. The van der Waals surface area contributed by atoms with Crippen LogP contribution in [-0.2, 0) is 0 Å². The summed E-state index contributed by atoms with van der Waals surface area (Å²) in [4.78, 5) is 8.83. The van der Waals surface area contributed by atoms with Crippen molar-refractivity contribution in [1.82, 2.24) is 4.98 Å². The summed E-state index contributed by atoms with van der Waals surface area (Å²) in [7, 11) is 0. The molecule has 0 bridgehead atoms. The first-order chi connectivity index (χ1) is 13.2. The van der Waals surface area contributed by atoms with Crippen molar-refractivity contribution in [2.24, 2.45) is 0 Å². The molecule has 0 spiro atoms. The lowest BCUT2D eigenvalue weighted by molar-refractivity contribution is 0.654. The smallest absolute Gasteiger partial charge is 0.103 e. The summed E-state index contributed by atoms with van der Waals surface area (Å²) >= 11 is 6.01. The van der Waals surface area contributed by atoms with Gasteiger partial charge >= 0.3 is 0 Å². The van der Waals surface area contributed by atoms with Crippen LogP contribution in [0, 0.1) is 22.7 Å². The Kier molecular flexibility index (Phi) is 4.54. The van der Waals surface area contributed by atoms with Crippen LogP contribution in [0.2, 0.25) is 5.02 Å². The van der Waals surface area contributed by atoms with Crippen molar-refractivity contribution in [3.8, 4) is 12.1 Å². The fourth-order valence-corrected chi connectivity index (χ4v) is 3.77. The number of pyridine rings is 1. The van der Waals surface area contributed by atoms with Gasteiger partial charge in [-0.05, 0) is 24.3 Å². The zero-order valence-corrected chi connectivity index (χ0v) is 15.3. The molecule has 1 aliphatic heterocycles. The number of halogens is 1. The third kappa shape index (κ3) is 3.14. The van der Waals surface area contributed by atoms with Crippen LogP contribution in [0.3, 0.4) is 0 Å². The quantitative estimate of drug-likeness (QED) is 0.680. The molecule has 1 fully saturated rings. The van der Waals surface area contributed by atoms with E-state index in [4.69, 9.17) is 11.6 Å². The van der Waals surface area contributed by atoms with Gasteiger partial charge in [-0.2, -0.15) is 10.5 Å². The molecule has 1 aliphatic rings. The fourth-order valence-electron chi connectivity index (χ4n) is 3.59. The minimum atomic E-state index is 0.566. The summed E-state index contributed by atoms with van der Waals surface area (Å²) in [5, 5.41) is 20.5. The first-order valence-corrected chi connectivity index (χ1v) is 9.06. The maximum atomic E-state index is 9.56. The van der Waals surface area contributed by atoms with Gasteiger partial charge in [0.25, 0.3) is 0 Å². The Morgan fingerprint density at radius 2 is 1.59 bits per heavy atom. The molecule has 1 aromatic heterocycles. The Bertz CT molecular complexity index is 1090. The second kappa shape index (κ2) is 7.15. The predicted octanol–water partition coefficient (Wildman–Crippen LogP) is 3.96. The van der Waals surface area contributed by atoms with Crippen LogP contribution in [0.25, 0.3) is 10.9 Å². The Morgan fingerprint density at radius 3 is 2.33 bits per heavy atom. The molecule has 5 nitrogen and oxygen atoms in total. The van der Waals surface area contributed by atoms with Crippen LogP contribution in [0.15, 0.2) is 48.7 Å². The van der Waals surface area contributed by atoms with E-state index in [0.717, 1.165) is 48.5 Å². The summed E-state index contributed by atoms with van der Waals surface area (Å²) < 4.78 is 0. The molecule has 2 heterocycles. The molecular formula is C21H16ClN5. The first kappa shape index (κ1) is 17.1. The lowest BCUT2D eigenvalue weighted by Gasteiger charge is -2.38. The average molecular weight is 374 g/mol. The Morgan fingerprint density at radius 1 is 0.889 bits per heavy atom. The van der Waals surface area contributed by atoms with Crippen molar-refractivity contribution in [3.63, 3.8) is 0 Å². The first-order valence-electron chi connectivity index (χ1n) is 8.68. The van der Waals surface area contributed by atoms with Crippen LogP contribution in [0.1, 0.15) is 11.1 Å². The number of benzene rings is 2.